The van der Waals surface area contributed by atoms with Crippen LogP contribution in [0.1, 0.15) is 45.0 Å². The van der Waals surface area contributed by atoms with Gasteiger partial charge in [-0.15, -0.1) is 0 Å². The second-order valence-corrected chi connectivity index (χ2v) is 9.20. The van der Waals surface area contributed by atoms with Crippen LogP contribution in [-0.4, -0.2) is 18.8 Å². The Morgan fingerprint density at radius 2 is 1.54 bits per heavy atom. The smallest absolute Gasteiger partial charge is 0.243 e. The van der Waals surface area contributed by atoms with Crippen LogP contribution in [0.3, 0.4) is 0 Å². The first kappa shape index (κ1) is 21.4. The molecule has 4 aromatic carbocycles. The fraction of sp³-hybridized carbons (Fsp3) is 0.161. The lowest BCUT2D eigenvalue weighted by atomic mass is 9.58. The van der Waals surface area contributed by atoms with E-state index in [2.05, 4.69) is 6.07 Å². The van der Waals surface area contributed by atoms with Gasteiger partial charge in [0.1, 0.15) is 11.2 Å². The van der Waals surface area contributed by atoms with E-state index in [-0.39, 0.29) is 24.0 Å². The van der Waals surface area contributed by atoms with E-state index in [9.17, 15) is 9.59 Å². The van der Waals surface area contributed by atoms with E-state index in [1.807, 2.05) is 102 Å². The number of fused-ring (bicyclic) bond motifs is 4. The molecule has 1 aliphatic carbocycles. The number of carbonyl (C=O) groups is 2. The number of para-hydroxylation sites is 1. The van der Waals surface area contributed by atoms with Crippen LogP contribution in [0.15, 0.2) is 103 Å². The maximum atomic E-state index is 14.7. The highest BCUT2D eigenvalue weighted by atomic mass is 16.5. The summed E-state index contributed by atoms with van der Waals surface area (Å²) in [5.41, 5.74) is 4.27. The molecule has 1 aliphatic heterocycles. The summed E-state index contributed by atoms with van der Waals surface area (Å²) in [4.78, 5) is 30.0. The fourth-order valence-electron chi connectivity index (χ4n) is 5.93. The van der Waals surface area contributed by atoms with Gasteiger partial charge in [0.25, 0.3) is 0 Å². The van der Waals surface area contributed by atoms with Gasteiger partial charge in [-0.1, -0.05) is 84.9 Å². The van der Waals surface area contributed by atoms with E-state index in [0.717, 1.165) is 27.9 Å². The number of anilines is 1. The van der Waals surface area contributed by atoms with E-state index >= 15 is 0 Å². The normalized spacial score (nSPS) is 20.6. The summed E-state index contributed by atoms with van der Waals surface area (Å²) in [6.45, 7) is 0.472. The van der Waals surface area contributed by atoms with E-state index in [4.69, 9.17) is 4.74 Å². The lowest BCUT2D eigenvalue weighted by Crippen LogP contribution is -2.49. The molecule has 0 saturated carbocycles. The molecule has 6 rings (SSSR count). The minimum Gasteiger partial charge on any atom is -0.497 e. The fourth-order valence-corrected chi connectivity index (χ4v) is 5.93. The van der Waals surface area contributed by atoms with Crippen molar-refractivity contribution >= 4 is 17.4 Å². The van der Waals surface area contributed by atoms with Crippen LogP contribution in [0, 0.1) is 0 Å². The Morgan fingerprint density at radius 1 is 0.829 bits per heavy atom. The van der Waals surface area contributed by atoms with Crippen LogP contribution in [-0.2, 0) is 16.8 Å². The second-order valence-electron chi connectivity index (χ2n) is 9.20. The number of rotatable bonds is 4. The maximum absolute atomic E-state index is 14.7. The molecule has 0 aromatic heterocycles. The van der Waals surface area contributed by atoms with Crippen molar-refractivity contribution in [2.45, 2.75) is 24.3 Å². The highest BCUT2D eigenvalue weighted by Crippen LogP contribution is 2.58. The summed E-state index contributed by atoms with van der Waals surface area (Å²) in [6.07, 6.45) is 0.253. The zero-order chi connectivity index (χ0) is 24.0. The number of methoxy groups -OCH3 is 1. The number of hydrogen-bond acceptors (Lipinski definition) is 3. The van der Waals surface area contributed by atoms with Gasteiger partial charge in [-0.3, -0.25) is 9.59 Å². The molecule has 0 saturated heterocycles. The average molecular weight is 460 g/mol. The zero-order valence-corrected chi connectivity index (χ0v) is 19.5. The third kappa shape index (κ3) is 3.13. The van der Waals surface area contributed by atoms with Gasteiger partial charge in [-0.05, 0) is 40.5 Å². The number of amides is 1. The Kier molecular flexibility index (Phi) is 5.03. The average Bonchev–Trinajstić information content (AvgIpc) is 3.15. The molecule has 2 aliphatic rings. The van der Waals surface area contributed by atoms with Gasteiger partial charge in [-0.25, -0.2) is 0 Å². The van der Waals surface area contributed by atoms with Crippen molar-refractivity contribution in [1.82, 2.24) is 0 Å². The van der Waals surface area contributed by atoms with Crippen LogP contribution < -0.4 is 9.64 Å². The topological polar surface area (TPSA) is 46.6 Å². The van der Waals surface area contributed by atoms with Crippen molar-refractivity contribution in [3.8, 4) is 5.75 Å². The van der Waals surface area contributed by atoms with Crippen molar-refractivity contribution in [1.29, 1.82) is 0 Å². The van der Waals surface area contributed by atoms with Gasteiger partial charge < -0.3 is 9.64 Å². The summed E-state index contributed by atoms with van der Waals surface area (Å²) in [5.74, 6) is 0.430. The molecule has 1 amide bonds. The Morgan fingerprint density at radius 3 is 2.34 bits per heavy atom. The highest BCUT2D eigenvalue weighted by Gasteiger charge is 2.60. The number of ether oxygens (including phenoxy) is 1. The molecule has 1 spiro atoms. The van der Waals surface area contributed by atoms with Crippen LogP contribution in [0.4, 0.5) is 5.69 Å². The number of ketones is 1. The van der Waals surface area contributed by atoms with Crippen molar-refractivity contribution in [2.24, 2.45) is 0 Å². The first-order valence-electron chi connectivity index (χ1n) is 11.9. The quantitative estimate of drug-likeness (QED) is 0.382. The molecule has 35 heavy (non-hydrogen) atoms. The first-order chi connectivity index (χ1) is 17.1. The minimum absolute atomic E-state index is 0.00956. The number of hydrogen-bond donors (Lipinski definition) is 0. The van der Waals surface area contributed by atoms with Gasteiger partial charge in [-0.2, -0.15) is 0 Å². The largest absolute Gasteiger partial charge is 0.497 e. The molecule has 0 N–H and O–H groups in total. The third-order valence-corrected chi connectivity index (χ3v) is 7.45. The van der Waals surface area contributed by atoms with E-state index in [1.165, 1.54) is 0 Å². The molecule has 4 nitrogen and oxygen atoms in total. The van der Waals surface area contributed by atoms with Crippen LogP contribution in [0.2, 0.25) is 0 Å². The summed E-state index contributed by atoms with van der Waals surface area (Å²) in [6, 6.07) is 33.5. The standard InChI is InChI=1S/C31H25NO3/c1-35-23-13-9-12-22(18-23)27-19-29(33)24-14-5-6-15-25(24)31(27)26-16-7-8-17-28(26)32(30(31)34)20-21-10-3-2-4-11-21/h2-18,27H,19-20H2,1H3/t27-,31-/m0/s1. The minimum atomic E-state index is -0.998. The lowest BCUT2D eigenvalue weighted by Gasteiger charge is -2.41. The summed E-state index contributed by atoms with van der Waals surface area (Å²) < 4.78 is 5.51. The predicted molar refractivity (Wildman–Crippen MR) is 136 cm³/mol. The van der Waals surface area contributed by atoms with Gasteiger partial charge in [0.15, 0.2) is 5.78 Å². The summed E-state index contributed by atoms with van der Waals surface area (Å²) in [7, 11) is 1.63. The van der Waals surface area contributed by atoms with Crippen molar-refractivity contribution in [3.05, 3.63) is 131 Å². The van der Waals surface area contributed by atoms with E-state index in [0.29, 0.717) is 17.9 Å². The second kappa shape index (κ2) is 8.24. The first-order valence-corrected chi connectivity index (χ1v) is 11.9. The molecule has 1 heterocycles. The molecule has 0 bridgehead atoms. The lowest BCUT2D eigenvalue weighted by molar-refractivity contribution is -0.122. The van der Waals surface area contributed by atoms with Crippen LogP contribution in [0.25, 0.3) is 0 Å². The Bertz CT molecular complexity index is 1440. The number of Topliss-reactive ketones (excluding diaryl/α,β-unsaturated/α-hetero) is 1. The molecular weight excluding hydrogens is 434 g/mol. The summed E-state index contributed by atoms with van der Waals surface area (Å²) >= 11 is 0. The molecule has 0 fully saturated rings. The molecule has 0 radical (unpaired) electrons. The Balaban J connectivity index is 1.62. The van der Waals surface area contributed by atoms with E-state index < -0.39 is 5.41 Å². The number of nitrogens with zero attached hydrogens (tertiary/aromatic N) is 1. The Hall–Kier alpha value is -4.18. The predicted octanol–water partition coefficient (Wildman–Crippen LogP) is 5.90. The molecule has 2 atom stereocenters. The molecule has 172 valence electrons. The SMILES string of the molecule is COc1cccc([C@@H]2CC(=O)c3ccccc3[C@@]23C(=O)N(Cc2ccccc2)c2ccccc23)c1. The monoisotopic (exact) mass is 459 g/mol. The third-order valence-electron chi connectivity index (χ3n) is 7.45. The van der Waals surface area contributed by atoms with Crippen molar-refractivity contribution in [3.63, 3.8) is 0 Å². The van der Waals surface area contributed by atoms with Gasteiger partial charge >= 0.3 is 0 Å². The Labute approximate surface area is 204 Å². The molecular formula is C31H25NO3. The van der Waals surface area contributed by atoms with Crippen LogP contribution >= 0.6 is 0 Å². The zero-order valence-electron chi connectivity index (χ0n) is 19.5. The molecule has 0 unspecified atom stereocenters. The van der Waals surface area contributed by atoms with Crippen molar-refractivity contribution < 1.29 is 14.3 Å². The van der Waals surface area contributed by atoms with Gasteiger partial charge in [0.05, 0.1) is 13.7 Å². The maximum Gasteiger partial charge on any atom is 0.243 e. The van der Waals surface area contributed by atoms with Crippen molar-refractivity contribution in [2.75, 3.05) is 12.0 Å². The van der Waals surface area contributed by atoms with Gasteiger partial charge in [0.2, 0.25) is 5.91 Å². The summed E-state index contributed by atoms with van der Waals surface area (Å²) in [5, 5.41) is 0. The highest BCUT2D eigenvalue weighted by molar-refractivity contribution is 6.15. The molecule has 4 aromatic rings. The number of benzene rings is 4. The van der Waals surface area contributed by atoms with Crippen LogP contribution in [0.5, 0.6) is 5.75 Å². The molecule has 4 heteroatoms. The number of carbonyl (C=O) groups excluding carboxylic acids is 2. The van der Waals surface area contributed by atoms with E-state index in [1.54, 1.807) is 7.11 Å². The van der Waals surface area contributed by atoms with Gasteiger partial charge in [0, 0.05) is 23.6 Å².